The summed E-state index contributed by atoms with van der Waals surface area (Å²) in [7, 11) is 0. The second-order valence-corrected chi connectivity index (χ2v) is 5.71. The first-order chi connectivity index (χ1) is 11.8. The number of carbonyl (C=O) groups is 1. The number of anilines is 2. The van der Waals surface area contributed by atoms with Gasteiger partial charge >= 0.3 is 6.03 Å². The molecule has 0 atom stereocenters. The summed E-state index contributed by atoms with van der Waals surface area (Å²) in [5.74, 6) is 0.523. The van der Waals surface area contributed by atoms with Crippen LogP contribution in [0.5, 0.6) is 0 Å². The van der Waals surface area contributed by atoms with Gasteiger partial charge in [-0.3, -0.25) is 5.32 Å². The number of aromatic amines is 1. The van der Waals surface area contributed by atoms with Gasteiger partial charge in [-0.1, -0.05) is 6.07 Å². The van der Waals surface area contributed by atoms with Crippen molar-refractivity contribution in [3.05, 3.63) is 49.1 Å². The van der Waals surface area contributed by atoms with Gasteiger partial charge in [0.15, 0.2) is 0 Å². The van der Waals surface area contributed by atoms with Gasteiger partial charge in [0, 0.05) is 55.2 Å². The fourth-order valence-corrected chi connectivity index (χ4v) is 3.05. The third-order valence-electron chi connectivity index (χ3n) is 4.30. The summed E-state index contributed by atoms with van der Waals surface area (Å²) in [6.07, 6.45) is 4.99. The Bertz CT molecular complexity index is 838. The molecule has 1 aliphatic rings. The second-order valence-electron chi connectivity index (χ2n) is 5.71. The van der Waals surface area contributed by atoms with E-state index in [2.05, 4.69) is 49.4 Å². The number of aromatic nitrogens is 3. The van der Waals surface area contributed by atoms with E-state index < -0.39 is 0 Å². The standard InChI is InChI=1S/C17H18N6O/c24-17(21-16-5-6-18-12-20-16)23-10-8-22(9-11-23)15-3-1-2-14-13(15)4-7-19-14/h1-7,12,19H,8-11H2,(H,18,20,21,24). The Morgan fingerprint density at radius 2 is 2.00 bits per heavy atom. The molecule has 1 aliphatic heterocycles. The van der Waals surface area contributed by atoms with Gasteiger partial charge in [0.1, 0.15) is 12.1 Å². The lowest BCUT2D eigenvalue weighted by molar-refractivity contribution is 0.208. The predicted octanol–water partition coefficient (Wildman–Crippen LogP) is 2.31. The average Bonchev–Trinajstić information content (AvgIpc) is 3.11. The maximum atomic E-state index is 12.3. The molecule has 24 heavy (non-hydrogen) atoms. The van der Waals surface area contributed by atoms with Crippen molar-refractivity contribution in [3.8, 4) is 0 Å². The molecule has 3 aromatic rings. The van der Waals surface area contributed by atoms with Crippen molar-refractivity contribution in [1.29, 1.82) is 0 Å². The van der Waals surface area contributed by atoms with E-state index in [1.165, 1.54) is 17.4 Å². The monoisotopic (exact) mass is 322 g/mol. The normalized spacial score (nSPS) is 14.8. The summed E-state index contributed by atoms with van der Waals surface area (Å²) in [5.41, 5.74) is 2.35. The van der Waals surface area contributed by atoms with Crippen LogP contribution in [0.4, 0.5) is 16.3 Å². The summed E-state index contributed by atoms with van der Waals surface area (Å²) in [5, 5.41) is 4.02. The smallest absolute Gasteiger partial charge is 0.323 e. The van der Waals surface area contributed by atoms with E-state index in [1.807, 2.05) is 11.1 Å². The van der Waals surface area contributed by atoms with Gasteiger partial charge in [-0.15, -0.1) is 0 Å². The zero-order chi connectivity index (χ0) is 16.4. The molecule has 2 amide bonds. The van der Waals surface area contributed by atoms with Crippen molar-refractivity contribution in [2.75, 3.05) is 36.4 Å². The number of nitrogens with one attached hydrogen (secondary N) is 2. The minimum Gasteiger partial charge on any atom is -0.367 e. The second kappa shape index (κ2) is 6.19. The van der Waals surface area contributed by atoms with Gasteiger partial charge in [-0.05, 0) is 24.3 Å². The van der Waals surface area contributed by atoms with E-state index in [9.17, 15) is 4.79 Å². The molecule has 1 fully saturated rings. The Morgan fingerprint density at radius 1 is 1.12 bits per heavy atom. The van der Waals surface area contributed by atoms with E-state index in [0.29, 0.717) is 18.9 Å². The lowest BCUT2D eigenvalue weighted by atomic mass is 10.2. The van der Waals surface area contributed by atoms with Gasteiger partial charge in [0.2, 0.25) is 0 Å². The number of amides is 2. The molecule has 2 N–H and O–H groups in total. The van der Waals surface area contributed by atoms with Gasteiger partial charge < -0.3 is 14.8 Å². The summed E-state index contributed by atoms with van der Waals surface area (Å²) >= 11 is 0. The zero-order valence-corrected chi connectivity index (χ0v) is 13.1. The highest BCUT2D eigenvalue weighted by molar-refractivity contribution is 5.93. The molecule has 7 nitrogen and oxygen atoms in total. The topological polar surface area (TPSA) is 77.2 Å². The molecular formula is C17H18N6O. The molecule has 2 aromatic heterocycles. The average molecular weight is 322 g/mol. The Balaban J connectivity index is 1.41. The SMILES string of the molecule is O=C(Nc1ccncn1)N1CCN(c2cccc3[nH]ccc23)CC1. The van der Waals surface area contributed by atoms with Crippen molar-refractivity contribution >= 4 is 28.4 Å². The molecule has 4 rings (SSSR count). The highest BCUT2D eigenvalue weighted by atomic mass is 16.2. The van der Waals surface area contributed by atoms with Gasteiger partial charge in [0.05, 0.1) is 0 Å². The number of piperazine rings is 1. The number of nitrogens with zero attached hydrogens (tertiary/aromatic N) is 4. The number of hydrogen-bond donors (Lipinski definition) is 2. The summed E-state index contributed by atoms with van der Waals surface area (Å²) in [6.45, 7) is 2.97. The van der Waals surface area contributed by atoms with Crippen LogP contribution in [0, 0.1) is 0 Å². The minimum absolute atomic E-state index is 0.117. The van der Waals surface area contributed by atoms with E-state index in [-0.39, 0.29) is 6.03 Å². The fraction of sp³-hybridized carbons (Fsp3) is 0.235. The molecule has 122 valence electrons. The summed E-state index contributed by atoms with van der Waals surface area (Å²) in [4.78, 5) is 27.6. The molecule has 3 heterocycles. The van der Waals surface area contributed by atoms with Crippen LogP contribution in [0.15, 0.2) is 49.1 Å². The van der Waals surface area contributed by atoms with Crippen molar-refractivity contribution in [1.82, 2.24) is 19.9 Å². The van der Waals surface area contributed by atoms with Crippen molar-refractivity contribution in [2.45, 2.75) is 0 Å². The largest absolute Gasteiger partial charge is 0.367 e. The summed E-state index contributed by atoms with van der Waals surface area (Å²) < 4.78 is 0. The van der Waals surface area contributed by atoms with Crippen LogP contribution < -0.4 is 10.2 Å². The van der Waals surface area contributed by atoms with Crippen molar-refractivity contribution in [2.24, 2.45) is 0 Å². The van der Waals surface area contributed by atoms with Crippen LogP contribution in [-0.4, -0.2) is 52.1 Å². The molecule has 7 heteroatoms. The number of rotatable bonds is 2. The lowest BCUT2D eigenvalue weighted by Crippen LogP contribution is -2.50. The zero-order valence-electron chi connectivity index (χ0n) is 13.1. The van der Waals surface area contributed by atoms with Crippen LogP contribution in [0.25, 0.3) is 10.9 Å². The van der Waals surface area contributed by atoms with E-state index in [4.69, 9.17) is 0 Å². The maximum Gasteiger partial charge on any atom is 0.323 e. The Kier molecular flexibility index (Phi) is 3.74. The molecule has 0 radical (unpaired) electrons. The number of urea groups is 1. The maximum absolute atomic E-state index is 12.3. The first kappa shape index (κ1) is 14.5. The van der Waals surface area contributed by atoms with Crippen LogP contribution in [0.2, 0.25) is 0 Å². The third-order valence-corrected chi connectivity index (χ3v) is 4.30. The third kappa shape index (κ3) is 2.76. The Morgan fingerprint density at radius 3 is 2.79 bits per heavy atom. The molecule has 0 spiro atoms. The molecule has 0 bridgehead atoms. The Labute approximate surface area is 139 Å². The van der Waals surface area contributed by atoms with E-state index >= 15 is 0 Å². The predicted molar refractivity (Wildman–Crippen MR) is 93.1 cm³/mol. The van der Waals surface area contributed by atoms with Gasteiger partial charge in [0.25, 0.3) is 0 Å². The van der Waals surface area contributed by atoms with Crippen LogP contribution in [-0.2, 0) is 0 Å². The number of H-pyrrole nitrogens is 1. The molecule has 0 aliphatic carbocycles. The first-order valence-electron chi connectivity index (χ1n) is 7.94. The van der Waals surface area contributed by atoms with Gasteiger partial charge in [-0.2, -0.15) is 0 Å². The Hall–Kier alpha value is -3.09. The van der Waals surface area contributed by atoms with Crippen molar-refractivity contribution in [3.63, 3.8) is 0 Å². The van der Waals surface area contributed by atoms with Crippen molar-refractivity contribution < 1.29 is 4.79 Å². The fourth-order valence-electron chi connectivity index (χ4n) is 3.05. The minimum atomic E-state index is -0.117. The summed E-state index contributed by atoms with van der Waals surface area (Å²) in [6, 6.07) is 9.92. The first-order valence-corrected chi connectivity index (χ1v) is 7.94. The van der Waals surface area contributed by atoms with Crippen LogP contribution >= 0.6 is 0 Å². The lowest BCUT2D eigenvalue weighted by Gasteiger charge is -2.36. The molecule has 1 saturated heterocycles. The number of carbonyl (C=O) groups excluding carboxylic acids is 1. The number of hydrogen-bond acceptors (Lipinski definition) is 4. The number of benzene rings is 1. The van der Waals surface area contributed by atoms with E-state index in [0.717, 1.165) is 18.6 Å². The van der Waals surface area contributed by atoms with Gasteiger partial charge in [-0.25, -0.2) is 14.8 Å². The molecular weight excluding hydrogens is 304 g/mol. The van der Waals surface area contributed by atoms with Crippen LogP contribution in [0.1, 0.15) is 0 Å². The van der Waals surface area contributed by atoms with Crippen LogP contribution in [0.3, 0.4) is 0 Å². The highest BCUT2D eigenvalue weighted by Crippen LogP contribution is 2.26. The van der Waals surface area contributed by atoms with E-state index in [1.54, 1.807) is 12.3 Å². The molecule has 1 aromatic carbocycles. The highest BCUT2D eigenvalue weighted by Gasteiger charge is 2.22. The number of fused-ring (bicyclic) bond motifs is 1. The molecule has 0 saturated carbocycles. The quantitative estimate of drug-likeness (QED) is 0.759. The molecule has 0 unspecified atom stereocenters.